The molecule has 2 heterocycles. The van der Waals surface area contributed by atoms with Crippen molar-refractivity contribution in [2.24, 2.45) is 4.99 Å². The summed E-state index contributed by atoms with van der Waals surface area (Å²) in [6, 6.07) is 6.27. The van der Waals surface area contributed by atoms with Crippen LogP contribution in [0.15, 0.2) is 74.9 Å². The van der Waals surface area contributed by atoms with Gasteiger partial charge in [0, 0.05) is 23.7 Å². The number of amides is 1. The molecule has 0 saturated heterocycles. The lowest BCUT2D eigenvalue weighted by atomic mass is 10.1. The van der Waals surface area contributed by atoms with E-state index in [1.165, 1.54) is 24.3 Å². The topological polar surface area (TPSA) is 105 Å². The van der Waals surface area contributed by atoms with Crippen molar-refractivity contribution in [1.82, 2.24) is 14.6 Å². The van der Waals surface area contributed by atoms with Gasteiger partial charge in [0.1, 0.15) is 11.4 Å². The molecule has 0 spiro atoms. The quantitative estimate of drug-likeness (QED) is 0.207. The number of sulfonamides is 1. The van der Waals surface area contributed by atoms with E-state index >= 15 is 0 Å². The minimum absolute atomic E-state index is 0.143. The lowest BCUT2D eigenvalue weighted by Crippen LogP contribution is -2.44. The number of carbonyl (C=O) groups excluding carboxylic acids is 1. The van der Waals surface area contributed by atoms with E-state index < -0.39 is 51.2 Å². The highest BCUT2D eigenvalue weighted by atomic mass is 32.2. The smallest absolute Gasteiger partial charge is 0.417 e. The van der Waals surface area contributed by atoms with Gasteiger partial charge in [0.2, 0.25) is 11.0 Å². The van der Waals surface area contributed by atoms with Gasteiger partial charge in [-0.25, -0.2) is 12.8 Å². The third-order valence-electron chi connectivity index (χ3n) is 5.58. The molecule has 208 valence electrons. The minimum atomic E-state index is -4.52. The summed E-state index contributed by atoms with van der Waals surface area (Å²) in [5.41, 5.74) is 0.238. The van der Waals surface area contributed by atoms with Crippen molar-refractivity contribution < 1.29 is 35.2 Å². The fourth-order valence-corrected chi connectivity index (χ4v) is 5.08. The van der Waals surface area contributed by atoms with E-state index in [2.05, 4.69) is 22.0 Å². The number of nitrogens with zero attached hydrogens (tertiary/aromatic N) is 3. The molecule has 0 fully saturated rings. The van der Waals surface area contributed by atoms with Crippen LogP contribution in [0.4, 0.5) is 17.6 Å². The Morgan fingerprint density at radius 3 is 2.51 bits per heavy atom. The fourth-order valence-electron chi connectivity index (χ4n) is 3.53. The van der Waals surface area contributed by atoms with Crippen molar-refractivity contribution in [3.63, 3.8) is 0 Å². The van der Waals surface area contributed by atoms with Gasteiger partial charge >= 0.3 is 6.18 Å². The van der Waals surface area contributed by atoms with Gasteiger partial charge in [-0.15, -0.1) is 0 Å². The molecule has 0 atom stereocenters. The first-order valence-corrected chi connectivity index (χ1v) is 13.0. The predicted octanol–water partition coefficient (Wildman–Crippen LogP) is 5.19. The Morgan fingerprint density at radius 2 is 1.95 bits per heavy atom. The molecular formula is C26H26F4N4O4S. The molecule has 0 radical (unpaired) electrons. The summed E-state index contributed by atoms with van der Waals surface area (Å²) in [6.45, 7) is 7.58. The number of hydrogen-bond acceptors (Lipinski definition) is 6. The largest absolute Gasteiger partial charge is 0.443 e. The molecule has 3 rings (SSSR count). The van der Waals surface area contributed by atoms with Gasteiger partial charge < -0.3 is 9.73 Å². The molecular weight excluding hydrogens is 540 g/mol. The zero-order valence-corrected chi connectivity index (χ0v) is 22.1. The summed E-state index contributed by atoms with van der Waals surface area (Å²) in [6.07, 6.45) is -0.702. The summed E-state index contributed by atoms with van der Waals surface area (Å²) < 4.78 is 84.8. The van der Waals surface area contributed by atoms with Crippen molar-refractivity contribution in [2.75, 3.05) is 13.1 Å². The first kappa shape index (κ1) is 29.7. The average molecular weight is 567 g/mol. The second kappa shape index (κ2) is 11.9. The number of benzene rings is 1. The Morgan fingerprint density at radius 1 is 1.23 bits per heavy atom. The van der Waals surface area contributed by atoms with Crippen molar-refractivity contribution in [3.05, 3.63) is 77.5 Å². The minimum Gasteiger partial charge on any atom is -0.443 e. The molecule has 0 saturated carbocycles. The van der Waals surface area contributed by atoms with Crippen molar-refractivity contribution in [3.8, 4) is 0 Å². The van der Waals surface area contributed by atoms with E-state index in [4.69, 9.17) is 4.42 Å². The molecule has 1 N–H and O–H groups in total. The molecule has 0 aliphatic carbocycles. The summed E-state index contributed by atoms with van der Waals surface area (Å²) >= 11 is 0. The Kier molecular flexibility index (Phi) is 9.07. The van der Waals surface area contributed by atoms with Crippen LogP contribution >= 0.6 is 0 Å². The number of halogens is 4. The number of allylic oxidation sites excluding steroid dienone is 3. The lowest BCUT2D eigenvalue weighted by molar-refractivity contribution is -0.137. The van der Waals surface area contributed by atoms with E-state index in [0.717, 1.165) is 28.7 Å². The second-order valence-electron chi connectivity index (χ2n) is 8.64. The number of pyridine rings is 1. The molecule has 0 unspecified atom stereocenters. The summed E-state index contributed by atoms with van der Waals surface area (Å²) in [4.78, 5) is 20.4. The van der Waals surface area contributed by atoms with Gasteiger partial charge in [-0.3, -0.25) is 14.8 Å². The molecule has 0 bridgehead atoms. The van der Waals surface area contributed by atoms with Crippen LogP contribution in [-0.2, 0) is 21.0 Å². The van der Waals surface area contributed by atoms with Crippen LogP contribution in [0, 0.1) is 5.82 Å². The maximum Gasteiger partial charge on any atom is 0.417 e. The normalized spacial score (nSPS) is 13.4. The van der Waals surface area contributed by atoms with E-state index in [1.54, 1.807) is 26.8 Å². The van der Waals surface area contributed by atoms with Crippen LogP contribution in [-0.4, -0.2) is 49.5 Å². The molecule has 0 aliphatic heterocycles. The SMILES string of the molecule is C=N/C(=C\C(=C/C)c1ccc(C(F)(F)F)cn1)CNC(=O)CN(C(C)C)S(=O)(=O)c1cc2cc(F)ccc2o1. The molecule has 1 amide bonds. The second-order valence-corrected chi connectivity index (χ2v) is 10.5. The van der Waals surface area contributed by atoms with Gasteiger partial charge in [0.05, 0.1) is 30.0 Å². The van der Waals surface area contributed by atoms with Gasteiger partial charge in [-0.1, -0.05) is 6.08 Å². The van der Waals surface area contributed by atoms with Crippen LogP contribution < -0.4 is 5.32 Å². The van der Waals surface area contributed by atoms with E-state index in [9.17, 15) is 30.8 Å². The zero-order chi connectivity index (χ0) is 29.0. The summed E-state index contributed by atoms with van der Waals surface area (Å²) in [5, 5.41) is 2.39. The molecule has 39 heavy (non-hydrogen) atoms. The number of rotatable bonds is 10. The number of hydrogen-bond donors (Lipinski definition) is 1. The summed E-state index contributed by atoms with van der Waals surface area (Å²) in [5.74, 6) is -1.21. The van der Waals surface area contributed by atoms with Crippen LogP contribution in [0.1, 0.15) is 32.0 Å². The highest BCUT2D eigenvalue weighted by molar-refractivity contribution is 7.89. The molecule has 0 aliphatic rings. The Bertz CT molecular complexity index is 1530. The van der Waals surface area contributed by atoms with Crippen molar-refractivity contribution >= 4 is 39.2 Å². The lowest BCUT2D eigenvalue weighted by Gasteiger charge is -2.24. The Hall–Kier alpha value is -3.84. The standard InChI is InChI=1S/C26H26F4N4O4S/c1-5-17(22-8-6-19(13-32-22)26(28,29)30)11-21(31-4)14-33-24(35)15-34(16(2)3)39(36,37)25-12-18-10-20(27)7-9-23(18)38-25/h5-13,16H,4,14-15H2,1-3H3,(H,33,35)/b17-5+,21-11-. The van der Waals surface area contributed by atoms with Crippen molar-refractivity contribution in [1.29, 1.82) is 0 Å². The van der Waals surface area contributed by atoms with E-state index in [-0.39, 0.29) is 28.9 Å². The molecule has 13 heteroatoms. The number of fused-ring (bicyclic) bond motifs is 1. The maximum atomic E-state index is 13.5. The highest BCUT2D eigenvalue weighted by Gasteiger charge is 2.32. The van der Waals surface area contributed by atoms with Gasteiger partial charge in [0.25, 0.3) is 10.0 Å². The zero-order valence-electron chi connectivity index (χ0n) is 21.3. The average Bonchev–Trinajstić information content (AvgIpc) is 3.31. The van der Waals surface area contributed by atoms with Crippen LogP contribution in [0.3, 0.4) is 0 Å². The molecule has 1 aromatic carbocycles. The number of carbonyl (C=O) groups is 1. The number of alkyl halides is 3. The van der Waals surface area contributed by atoms with Crippen molar-refractivity contribution in [2.45, 2.75) is 38.1 Å². The van der Waals surface area contributed by atoms with Crippen LogP contribution in [0.5, 0.6) is 0 Å². The number of furan rings is 1. The molecule has 8 nitrogen and oxygen atoms in total. The summed E-state index contributed by atoms with van der Waals surface area (Å²) in [7, 11) is -4.25. The van der Waals surface area contributed by atoms with E-state index in [0.29, 0.717) is 5.57 Å². The molecule has 2 aromatic heterocycles. The van der Waals surface area contributed by atoms with Gasteiger partial charge in [0.15, 0.2) is 0 Å². The Labute approximate surface area is 222 Å². The fraction of sp³-hybridized carbons (Fsp3) is 0.269. The number of aromatic nitrogens is 1. The monoisotopic (exact) mass is 566 g/mol. The third-order valence-corrected chi connectivity index (χ3v) is 7.46. The van der Waals surface area contributed by atoms with Crippen LogP contribution in [0.2, 0.25) is 0 Å². The van der Waals surface area contributed by atoms with E-state index in [1.807, 2.05) is 0 Å². The number of aliphatic imine (C=N–C) groups is 1. The van der Waals surface area contributed by atoms with Crippen LogP contribution in [0.25, 0.3) is 16.5 Å². The third kappa shape index (κ3) is 7.18. The first-order chi connectivity index (χ1) is 18.3. The number of nitrogens with one attached hydrogen (secondary N) is 1. The maximum absolute atomic E-state index is 13.5. The predicted molar refractivity (Wildman–Crippen MR) is 139 cm³/mol. The van der Waals surface area contributed by atoms with Gasteiger partial charge in [-0.2, -0.15) is 17.5 Å². The first-order valence-electron chi connectivity index (χ1n) is 11.6. The molecule has 3 aromatic rings. The van der Waals surface area contributed by atoms with Gasteiger partial charge in [-0.05, 0) is 69.5 Å². The highest BCUT2D eigenvalue weighted by Crippen LogP contribution is 2.29. The Balaban J connectivity index is 1.73.